The van der Waals surface area contributed by atoms with Crippen molar-refractivity contribution in [3.63, 3.8) is 0 Å². The second-order valence-corrected chi connectivity index (χ2v) is 8.01. The number of fused-ring (bicyclic) bond motifs is 1. The van der Waals surface area contributed by atoms with Crippen molar-refractivity contribution in [1.82, 2.24) is 16.0 Å². The number of nitrogens with one attached hydrogen (secondary N) is 3. The van der Waals surface area contributed by atoms with E-state index in [0.717, 1.165) is 37.3 Å². The van der Waals surface area contributed by atoms with Crippen molar-refractivity contribution in [1.29, 1.82) is 5.26 Å². The quantitative estimate of drug-likeness (QED) is 0.666. The average Bonchev–Trinajstić information content (AvgIpc) is 2.61. The first-order valence-corrected chi connectivity index (χ1v) is 9.12. The summed E-state index contributed by atoms with van der Waals surface area (Å²) in [5.41, 5.74) is 1.14. The third kappa shape index (κ3) is 4.38. The zero-order valence-electron chi connectivity index (χ0n) is 15.6. The molecule has 3 aliphatic rings. The van der Waals surface area contributed by atoms with Crippen molar-refractivity contribution >= 4 is 17.6 Å². The Morgan fingerprint density at radius 2 is 2.23 bits per heavy atom. The van der Waals surface area contributed by atoms with Crippen LogP contribution in [0.1, 0.15) is 40.0 Å². The number of nitriles is 1. The number of piperidine rings is 1. The van der Waals surface area contributed by atoms with Crippen molar-refractivity contribution in [2.24, 2.45) is 21.8 Å². The molecule has 1 saturated heterocycles. The molecular formula is C19H26N6O. The van der Waals surface area contributed by atoms with E-state index in [0.29, 0.717) is 18.0 Å². The highest BCUT2D eigenvalue weighted by molar-refractivity contribution is 6.03. The first-order valence-electron chi connectivity index (χ1n) is 9.12. The maximum Gasteiger partial charge on any atom is 0.229 e. The molecule has 138 valence electrons. The molecule has 0 saturated carbocycles. The van der Waals surface area contributed by atoms with Crippen LogP contribution in [0.25, 0.3) is 0 Å². The normalized spacial score (nSPS) is 25.6. The van der Waals surface area contributed by atoms with Crippen molar-refractivity contribution in [2.75, 3.05) is 13.1 Å². The van der Waals surface area contributed by atoms with E-state index in [9.17, 15) is 10.1 Å². The van der Waals surface area contributed by atoms with Gasteiger partial charge in [0, 0.05) is 24.7 Å². The van der Waals surface area contributed by atoms with Gasteiger partial charge >= 0.3 is 0 Å². The summed E-state index contributed by atoms with van der Waals surface area (Å²) < 4.78 is 0. The number of hydrogen-bond donors (Lipinski definition) is 3. The van der Waals surface area contributed by atoms with Gasteiger partial charge in [-0.3, -0.25) is 4.79 Å². The summed E-state index contributed by atoms with van der Waals surface area (Å²) in [6.07, 6.45) is 5.99. The molecule has 1 amide bonds. The highest BCUT2D eigenvalue weighted by atomic mass is 16.2. The molecule has 7 nitrogen and oxygen atoms in total. The monoisotopic (exact) mass is 354 g/mol. The molecule has 7 heteroatoms. The molecule has 0 aliphatic carbocycles. The Balaban J connectivity index is 1.75. The molecule has 0 aromatic carbocycles. The highest BCUT2D eigenvalue weighted by Crippen LogP contribution is 2.29. The van der Waals surface area contributed by atoms with Crippen LogP contribution in [0.4, 0.5) is 0 Å². The van der Waals surface area contributed by atoms with Gasteiger partial charge in [-0.2, -0.15) is 5.26 Å². The van der Waals surface area contributed by atoms with Gasteiger partial charge in [0.1, 0.15) is 23.4 Å². The van der Waals surface area contributed by atoms with Crippen LogP contribution < -0.4 is 16.0 Å². The maximum atomic E-state index is 12.5. The lowest BCUT2D eigenvalue weighted by Crippen LogP contribution is -2.48. The lowest BCUT2D eigenvalue weighted by molar-refractivity contribution is -0.124. The molecule has 3 heterocycles. The van der Waals surface area contributed by atoms with Crippen molar-refractivity contribution in [3.05, 3.63) is 23.5 Å². The van der Waals surface area contributed by atoms with Gasteiger partial charge in [-0.05, 0) is 51.8 Å². The molecule has 26 heavy (non-hydrogen) atoms. The summed E-state index contributed by atoms with van der Waals surface area (Å²) in [6, 6.07) is 2.11. The van der Waals surface area contributed by atoms with Crippen LogP contribution in [0.5, 0.6) is 0 Å². The topological polar surface area (TPSA) is 102 Å². The Hall–Kier alpha value is -2.46. The number of carbonyl (C=O) groups is 1. The third-order valence-electron chi connectivity index (χ3n) is 4.60. The molecule has 0 aromatic heterocycles. The Morgan fingerprint density at radius 3 is 2.88 bits per heavy atom. The number of rotatable bonds is 1. The Labute approximate surface area is 154 Å². The Bertz CT molecular complexity index is 741. The van der Waals surface area contributed by atoms with Crippen molar-refractivity contribution in [3.8, 4) is 6.07 Å². The Kier molecular flexibility index (Phi) is 5.23. The predicted molar refractivity (Wildman–Crippen MR) is 101 cm³/mol. The molecule has 1 fully saturated rings. The third-order valence-corrected chi connectivity index (χ3v) is 4.60. The van der Waals surface area contributed by atoms with E-state index in [4.69, 9.17) is 0 Å². The molecule has 0 aromatic rings. The van der Waals surface area contributed by atoms with Gasteiger partial charge in [-0.1, -0.05) is 0 Å². The largest absolute Gasteiger partial charge is 0.368 e. The fourth-order valence-corrected chi connectivity index (χ4v) is 3.36. The SMILES string of the molecule is CC(C)(C)NC1=NC(C#N)=CC2=CN=C(NC(=O)[C@@H]3CCCNC3)CC21. The maximum absolute atomic E-state index is 12.5. The molecule has 0 radical (unpaired) electrons. The molecule has 3 aliphatic heterocycles. The summed E-state index contributed by atoms with van der Waals surface area (Å²) in [6.45, 7) is 7.86. The summed E-state index contributed by atoms with van der Waals surface area (Å²) in [5, 5.41) is 18.9. The predicted octanol–water partition coefficient (Wildman–Crippen LogP) is 1.61. The second-order valence-electron chi connectivity index (χ2n) is 8.01. The van der Waals surface area contributed by atoms with Gasteiger partial charge in [0.15, 0.2) is 0 Å². The first kappa shape index (κ1) is 18.3. The van der Waals surface area contributed by atoms with Crippen LogP contribution in [0.2, 0.25) is 0 Å². The van der Waals surface area contributed by atoms with Gasteiger partial charge in [0.05, 0.1) is 11.8 Å². The van der Waals surface area contributed by atoms with E-state index in [1.807, 2.05) is 0 Å². The van der Waals surface area contributed by atoms with E-state index < -0.39 is 0 Å². The zero-order valence-corrected chi connectivity index (χ0v) is 15.6. The lowest BCUT2D eigenvalue weighted by Gasteiger charge is -2.32. The number of nitrogens with zero attached hydrogens (tertiary/aromatic N) is 3. The number of allylic oxidation sites excluding steroid dienone is 2. The van der Waals surface area contributed by atoms with Crippen molar-refractivity contribution < 1.29 is 4.79 Å². The van der Waals surface area contributed by atoms with E-state index in [1.54, 1.807) is 12.3 Å². The molecular weight excluding hydrogens is 328 g/mol. The van der Waals surface area contributed by atoms with E-state index in [-0.39, 0.29) is 23.3 Å². The number of aliphatic imine (C=N–C) groups is 2. The summed E-state index contributed by atoms with van der Waals surface area (Å²) in [5.74, 6) is 1.41. The van der Waals surface area contributed by atoms with Gasteiger partial charge in [0.25, 0.3) is 0 Å². The minimum Gasteiger partial charge on any atom is -0.368 e. The van der Waals surface area contributed by atoms with Crippen molar-refractivity contribution in [2.45, 2.75) is 45.6 Å². The van der Waals surface area contributed by atoms with E-state index in [1.165, 1.54) is 0 Å². The van der Waals surface area contributed by atoms with Crippen LogP contribution in [0.15, 0.2) is 33.5 Å². The molecule has 0 bridgehead atoms. The summed E-state index contributed by atoms with van der Waals surface area (Å²) >= 11 is 0. The molecule has 2 atom stereocenters. The zero-order chi connectivity index (χ0) is 18.7. The minimum absolute atomic E-state index is 0.00546. The van der Waals surface area contributed by atoms with Crippen LogP contribution in [-0.4, -0.2) is 36.2 Å². The van der Waals surface area contributed by atoms with E-state index >= 15 is 0 Å². The molecule has 0 spiro atoms. The number of carbonyl (C=O) groups excluding carboxylic acids is 1. The smallest absolute Gasteiger partial charge is 0.229 e. The van der Waals surface area contributed by atoms with Gasteiger partial charge in [-0.15, -0.1) is 0 Å². The van der Waals surface area contributed by atoms with Gasteiger partial charge in [-0.25, -0.2) is 9.98 Å². The molecule has 1 unspecified atom stereocenters. The number of amidine groups is 2. The Morgan fingerprint density at radius 1 is 1.42 bits per heavy atom. The molecule has 3 N–H and O–H groups in total. The minimum atomic E-state index is -0.173. The summed E-state index contributed by atoms with van der Waals surface area (Å²) in [4.78, 5) is 21.4. The number of hydrogen-bond acceptors (Lipinski definition) is 6. The summed E-state index contributed by atoms with van der Waals surface area (Å²) in [7, 11) is 0. The van der Waals surface area contributed by atoms with Gasteiger partial charge < -0.3 is 16.0 Å². The van der Waals surface area contributed by atoms with Crippen LogP contribution in [-0.2, 0) is 4.79 Å². The number of amides is 1. The first-order chi connectivity index (χ1) is 12.4. The van der Waals surface area contributed by atoms with Crippen LogP contribution in [0, 0.1) is 23.2 Å². The lowest BCUT2D eigenvalue weighted by atomic mass is 9.88. The average molecular weight is 354 g/mol. The fourth-order valence-electron chi connectivity index (χ4n) is 3.36. The van der Waals surface area contributed by atoms with Crippen LogP contribution in [0.3, 0.4) is 0 Å². The highest BCUT2D eigenvalue weighted by Gasteiger charge is 2.31. The van der Waals surface area contributed by atoms with Crippen LogP contribution >= 0.6 is 0 Å². The molecule has 3 rings (SSSR count). The van der Waals surface area contributed by atoms with Gasteiger partial charge in [0.2, 0.25) is 5.91 Å². The second kappa shape index (κ2) is 7.42. The standard InChI is InChI=1S/C19H26N6O/c1-19(2,3)25-17-15-8-16(22-11-13(15)7-14(9-20)23-17)24-18(26)12-5-4-6-21-10-12/h7,11-12,15,21H,4-6,8,10H2,1-3H3,(H,23,25)(H,22,24,26)/t12-,15?/m1/s1. The fraction of sp³-hybridized carbons (Fsp3) is 0.579. The van der Waals surface area contributed by atoms with E-state index in [2.05, 4.69) is 52.8 Å².